The van der Waals surface area contributed by atoms with Crippen molar-refractivity contribution in [1.29, 1.82) is 0 Å². The fraction of sp³-hybridized carbons (Fsp3) is 0.938. The maximum Gasteiger partial charge on any atom is 0.305 e. The molecule has 2 unspecified atom stereocenters. The summed E-state index contributed by atoms with van der Waals surface area (Å²) in [5, 5.41) is 23.1. The fourth-order valence-electron chi connectivity index (χ4n) is 10.3. The SMILES string of the molecule is CCCCCCCCCCCCCCC(=O)OCCCCCCCCCCCCCC/C=C\CCCCCCCCCCCCCCCCCCCC(=O)NC(CO)C(O)CCCCCCCCCCC. The molecule has 0 heterocycles. The molecule has 0 bridgehead atoms. The molecule has 0 aromatic rings. The Labute approximate surface area is 444 Å². The third-order valence-electron chi connectivity index (χ3n) is 15.3. The van der Waals surface area contributed by atoms with Gasteiger partial charge in [0.15, 0.2) is 0 Å². The van der Waals surface area contributed by atoms with Crippen molar-refractivity contribution in [2.45, 2.75) is 379 Å². The number of carbonyl (C=O) groups is 2. The first-order valence-corrected chi connectivity index (χ1v) is 32.4. The normalized spacial score (nSPS) is 12.6. The predicted octanol–water partition coefficient (Wildman–Crippen LogP) is 20.4. The molecular formula is C65H127NO5. The molecular weight excluding hydrogens is 875 g/mol. The summed E-state index contributed by atoms with van der Waals surface area (Å²) >= 11 is 0. The Balaban J connectivity index is 3.31. The average molecular weight is 1000 g/mol. The highest BCUT2D eigenvalue weighted by molar-refractivity contribution is 5.76. The lowest BCUT2D eigenvalue weighted by atomic mass is 10.0. The van der Waals surface area contributed by atoms with Gasteiger partial charge in [0, 0.05) is 12.8 Å². The van der Waals surface area contributed by atoms with E-state index in [1.807, 2.05) is 0 Å². The van der Waals surface area contributed by atoms with E-state index in [2.05, 4.69) is 31.3 Å². The molecule has 422 valence electrons. The number of allylic oxidation sites excluding steroid dienone is 2. The summed E-state index contributed by atoms with van der Waals surface area (Å²) in [4.78, 5) is 24.4. The zero-order chi connectivity index (χ0) is 51.4. The molecule has 0 saturated heterocycles. The van der Waals surface area contributed by atoms with Crippen LogP contribution in [-0.4, -0.2) is 47.4 Å². The lowest BCUT2D eigenvalue weighted by Gasteiger charge is -2.22. The number of amides is 1. The molecule has 6 heteroatoms. The fourth-order valence-corrected chi connectivity index (χ4v) is 10.3. The van der Waals surface area contributed by atoms with Crippen LogP contribution in [0.5, 0.6) is 0 Å². The van der Waals surface area contributed by atoms with Gasteiger partial charge in [0.25, 0.3) is 0 Å². The summed E-state index contributed by atoms with van der Waals surface area (Å²) in [5.41, 5.74) is 0. The summed E-state index contributed by atoms with van der Waals surface area (Å²) in [7, 11) is 0. The number of rotatable bonds is 61. The second-order valence-electron chi connectivity index (χ2n) is 22.5. The second-order valence-corrected chi connectivity index (χ2v) is 22.5. The molecule has 6 nitrogen and oxygen atoms in total. The van der Waals surface area contributed by atoms with Gasteiger partial charge in [0.1, 0.15) is 0 Å². The van der Waals surface area contributed by atoms with Crippen LogP contribution in [0.2, 0.25) is 0 Å². The quantitative estimate of drug-likeness (QED) is 0.0320. The number of esters is 1. The van der Waals surface area contributed by atoms with Gasteiger partial charge in [0.2, 0.25) is 5.91 Å². The van der Waals surface area contributed by atoms with E-state index < -0.39 is 12.1 Å². The minimum absolute atomic E-state index is 0.0198. The van der Waals surface area contributed by atoms with Gasteiger partial charge >= 0.3 is 5.97 Å². The molecule has 0 aliphatic heterocycles. The van der Waals surface area contributed by atoms with E-state index in [4.69, 9.17) is 4.74 Å². The van der Waals surface area contributed by atoms with Crippen LogP contribution in [0.15, 0.2) is 12.2 Å². The molecule has 0 aromatic heterocycles. The minimum atomic E-state index is -0.659. The maximum absolute atomic E-state index is 12.4. The first-order valence-electron chi connectivity index (χ1n) is 32.4. The summed E-state index contributed by atoms with van der Waals surface area (Å²) < 4.78 is 5.48. The van der Waals surface area contributed by atoms with Crippen LogP contribution in [0.25, 0.3) is 0 Å². The first-order chi connectivity index (χ1) is 35.0. The molecule has 0 rings (SSSR count). The Morgan fingerprint density at radius 2 is 0.662 bits per heavy atom. The number of nitrogens with one attached hydrogen (secondary N) is 1. The molecule has 0 saturated carbocycles. The molecule has 2 atom stereocenters. The highest BCUT2D eigenvalue weighted by Gasteiger charge is 2.20. The topological polar surface area (TPSA) is 95.9 Å². The van der Waals surface area contributed by atoms with Crippen molar-refractivity contribution in [1.82, 2.24) is 5.32 Å². The van der Waals surface area contributed by atoms with E-state index in [-0.39, 0.29) is 18.5 Å². The van der Waals surface area contributed by atoms with Crippen LogP contribution in [0, 0.1) is 0 Å². The average Bonchev–Trinajstić information content (AvgIpc) is 3.37. The van der Waals surface area contributed by atoms with E-state index in [9.17, 15) is 19.8 Å². The second kappa shape index (κ2) is 61.1. The number of hydrogen-bond acceptors (Lipinski definition) is 5. The number of aliphatic hydroxyl groups excluding tert-OH is 2. The van der Waals surface area contributed by atoms with Gasteiger partial charge in [-0.1, -0.05) is 315 Å². The van der Waals surface area contributed by atoms with E-state index >= 15 is 0 Å². The van der Waals surface area contributed by atoms with Gasteiger partial charge in [-0.05, 0) is 51.4 Å². The third-order valence-corrected chi connectivity index (χ3v) is 15.3. The van der Waals surface area contributed by atoms with Crippen molar-refractivity contribution in [3.8, 4) is 0 Å². The van der Waals surface area contributed by atoms with Crippen molar-refractivity contribution in [3.05, 3.63) is 12.2 Å². The van der Waals surface area contributed by atoms with Crippen LogP contribution in [-0.2, 0) is 14.3 Å². The predicted molar refractivity (Wildman–Crippen MR) is 310 cm³/mol. The Morgan fingerprint density at radius 1 is 0.380 bits per heavy atom. The molecule has 3 N–H and O–H groups in total. The highest BCUT2D eigenvalue weighted by atomic mass is 16.5. The van der Waals surface area contributed by atoms with Crippen molar-refractivity contribution in [2.24, 2.45) is 0 Å². The van der Waals surface area contributed by atoms with Crippen LogP contribution in [0.3, 0.4) is 0 Å². The van der Waals surface area contributed by atoms with Crippen molar-refractivity contribution in [2.75, 3.05) is 13.2 Å². The molecule has 0 spiro atoms. The molecule has 0 radical (unpaired) electrons. The standard InChI is InChI=1S/C65H127NO5/c1-3-5-7-9-11-13-14-39-43-47-51-55-59-65(70)71-60-56-52-48-44-40-37-35-33-31-29-27-25-23-21-19-17-15-16-18-20-22-24-26-28-30-32-34-36-38-42-46-50-54-58-64(69)66-62(61-67)63(68)57-53-49-45-41-12-10-8-6-4-2/h19,21,62-63,67-68H,3-18,20,22-61H2,1-2H3,(H,66,69)/b21-19-. The number of ether oxygens (including phenoxy) is 1. The Kier molecular flexibility index (Phi) is 59.9. The molecule has 0 aliphatic rings. The monoisotopic (exact) mass is 1000 g/mol. The summed E-state index contributed by atoms with van der Waals surface area (Å²) in [6.07, 6.45) is 74.1. The van der Waals surface area contributed by atoms with Crippen molar-refractivity contribution in [3.63, 3.8) is 0 Å². The lowest BCUT2D eigenvalue weighted by Crippen LogP contribution is -2.45. The highest BCUT2D eigenvalue weighted by Crippen LogP contribution is 2.18. The minimum Gasteiger partial charge on any atom is -0.466 e. The zero-order valence-corrected chi connectivity index (χ0v) is 48.2. The maximum atomic E-state index is 12.4. The largest absolute Gasteiger partial charge is 0.466 e. The molecule has 0 fully saturated rings. The number of carbonyl (C=O) groups excluding carboxylic acids is 2. The number of hydrogen-bond donors (Lipinski definition) is 3. The molecule has 0 aromatic carbocycles. The smallest absolute Gasteiger partial charge is 0.305 e. The van der Waals surface area contributed by atoms with Crippen LogP contribution >= 0.6 is 0 Å². The van der Waals surface area contributed by atoms with Crippen molar-refractivity contribution >= 4 is 11.9 Å². The van der Waals surface area contributed by atoms with Crippen LogP contribution in [0.4, 0.5) is 0 Å². The lowest BCUT2D eigenvalue weighted by molar-refractivity contribution is -0.143. The Hall–Kier alpha value is -1.40. The van der Waals surface area contributed by atoms with Gasteiger partial charge in [0.05, 0.1) is 25.4 Å². The number of unbranched alkanes of at least 4 members (excludes halogenated alkanes) is 48. The van der Waals surface area contributed by atoms with E-state index in [0.29, 0.717) is 25.9 Å². The summed E-state index contributed by atoms with van der Waals surface area (Å²) in [6, 6.07) is -0.536. The van der Waals surface area contributed by atoms with Gasteiger partial charge in [-0.2, -0.15) is 0 Å². The third kappa shape index (κ3) is 57.7. The van der Waals surface area contributed by atoms with E-state index in [1.54, 1.807) is 0 Å². The van der Waals surface area contributed by atoms with E-state index in [0.717, 1.165) is 38.5 Å². The van der Waals surface area contributed by atoms with Gasteiger partial charge in [-0.25, -0.2) is 0 Å². The van der Waals surface area contributed by atoms with Crippen molar-refractivity contribution < 1.29 is 24.5 Å². The van der Waals surface area contributed by atoms with Crippen LogP contribution < -0.4 is 5.32 Å². The van der Waals surface area contributed by atoms with Gasteiger partial charge in [-0.15, -0.1) is 0 Å². The zero-order valence-electron chi connectivity index (χ0n) is 48.2. The Bertz CT molecular complexity index is 1060. The summed E-state index contributed by atoms with van der Waals surface area (Å²) in [5.74, 6) is -0.0128. The Morgan fingerprint density at radius 3 is 1.00 bits per heavy atom. The number of aliphatic hydroxyl groups is 2. The molecule has 0 aliphatic carbocycles. The van der Waals surface area contributed by atoms with Crippen LogP contribution in [0.1, 0.15) is 367 Å². The van der Waals surface area contributed by atoms with Gasteiger partial charge in [-0.3, -0.25) is 9.59 Å². The molecule has 1 amide bonds. The first kappa shape index (κ1) is 69.6. The van der Waals surface area contributed by atoms with Gasteiger partial charge < -0.3 is 20.3 Å². The van der Waals surface area contributed by atoms with E-state index in [1.165, 1.54) is 295 Å². The summed E-state index contributed by atoms with van der Waals surface area (Å²) in [6.45, 7) is 4.96. The molecule has 71 heavy (non-hydrogen) atoms.